The third-order valence-electron chi connectivity index (χ3n) is 1.83. The molecular weight excluding hydrogens is 214 g/mol. The van der Waals surface area contributed by atoms with Crippen LogP contribution in [0.2, 0.25) is 5.15 Å². The number of nitrogens with two attached hydrogens (primary N) is 1. The fourth-order valence-corrected chi connectivity index (χ4v) is 1.52. The summed E-state index contributed by atoms with van der Waals surface area (Å²) in [6.07, 6.45) is 1.86. The van der Waals surface area contributed by atoms with Gasteiger partial charge in [-0.2, -0.15) is 0 Å². The minimum absolute atomic E-state index is 0.257. The molecule has 0 saturated heterocycles. The molecule has 1 heterocycles. The zero-order chi connectivity index (χ0) is 11.5. The van der Waals surface area contributed by atoms with Crippen molar-refractivity contribution in [3.05, 3.63) is 23.5 Å². The van der Waals surface area contributed by atoms with Gasteiger partial charge in [0.25, 0.3) is 0 Å². The van der Waals surface area contributed by atoms with E-state index in [-0.39, 0.29) is 12.3 Å². The molecule has 0 aliphatic heterocycles. The normalized spacial score (nSPS) is 11.1. The highest BCUT2D eigenvalue weighted by atomic mass is 35.5. The highest BCUT2D eigenvalue weighted by Crippen LogP contribution is 2.19. The number of aromatic nitrogens is 1. The first-order valence-corrected chi connectivity index (χ1v) is 4.95. The van der Waals surface area contributed by atoms with Crippen LogP contribution in [-0.4, -0.2) is 16.4 Å². The van der Waals surface area contributed by atoms with Crippen molar-refractivity contribution in [2.75, 3.05) is 5.32 Å². The van der Waals surface area contributed by atoms with Crippen molar-refractivity contribution in [2.24, 2.45) is 5.73 Å². The first kappa shape index (κ1) is 11.8. The van der Waals surface area contributed by atoms with Crippen LogP contribution in [-0.2, 0) is 4.79 Å². The molecule has 1 amide bonds. The van der Waals surface area contributed by atoms with E-state index in [9.17, 15) is 4.79 Å². The first-order valence-electron chi connectivity index (χ1n) is 4.57. The molecule has 0 unspecified atom stereocenters. The molecule has 1 aromatic rings. The summed E-state index contributed by atoms with van der Waals surface area (Å²) in [7, 11) is 0. The summed E-state index contributed by atoms with van der Waals surface area (Å²) in [5, 5.41) is 3.58. The van der Waals surface area contributed by atoms with Gasteiger partial charge < -0.3 is 11.1 Å². The van der Waals surface area contributed by atoms with Crippen LogP contribution in [0.25, 0.3) is 0 Å². The maximum atomic E-state index is 10.8. The van der Waals surface area contributed by atoms with Gasteiger partial charge in [0.05, 0.1) is 0 Å². The van der Waals surface area contributed by atoms with E-state index in [0.29, 0.717) is 5.15 Å². The van der Waals surface area contributed by atoms with Crippen molar-refractivity contribution in [1.29, 1.82) is 0 Å². The van der Waals surface area contributed by atoms with Crippen LogP contribution in [0.5, 0.6) is 0 Å². The van der Waals surface area contributed by atoms with Crippen LogP contribution in [0.3, 0.4) is 0 Å². The second kappa shape index (κ2) is 4.49. The summed E-state index contributed by atoms with van der Waals surface area (Å²) in [5.41, 5.74) is 5.57. The van der Waals surface area contributed by atoms with Crippen molar-refractivity contribution < 1.29 is 4.79 Å². The predicted molar refractivity (Wildman–Crippen MR) is 60.8 cm³/mol. The number of hydrogen-bond donors (Lipinski definition) is 2. The number of amides is 1. The van der Waals surface area contributed by atoms with Crippen LogP contribution in [0.1, 0.15) is 20.3 Å². The Balaban J connectivity index is 2.72. The van der Waals surface area contributed by atoms with Gasteiger partial charge in [-0.15, -0.1) is 0 Å². The van der Waals surface area contributed by atoms with E-state index in [1.165, 1.54) is 0 Å². The quantitative estimate of drug-likeness (QED) is 0.771. The van der Waals surface area contributed by atoms with Crippen LogP contribution < -0.4 is 11.1 Å². The predicted octanol–water partition coefficient (Wildman–Crippen LogP) is 1.80. The van der Waals surface area contributed by atoms with Gasteiger partial charge in [-0.25, -0.2) is 4.98 Å². The van der Waals surface area contributed by atoms with E-state index in [1.54, 1.807) is 18.3 Å². The lowest BCUT2D eigenvalue weighted by Gasteiger charge is -2.26. The number of pyridine rings is 1. The monoisotopic (exact) mass is 227 g/mol. The van der Waals surface area contributed by atoms with Crippen LogP contribution >= 0.6 is 11.6 Å². The van der Waals surface area contributed by atoms with Crippen LogP contribution in [0.4, 0.5) is 5.69 Å². The summed E-state index contributed by atoms with van der Waals surface area (Å²) in [4.78, 5) is 14.7. The largest absolute Gasteiger partial charge is 0.380 e. The number of hydrogen-bond acceptors (Lipinski definition) is 3. The van der Waals surface area contributed by atoms with Gasteiger partial charge in [-0.1, -0.05) is 11.6 Å². The molecule has 3 N–H and O–H groups in total. The van der Waals surface area contributed by atoms with Crippen LogP contribution in [0, 0.1) is 0 Å². The molecule has 1 rings (SSSR count). The molecule has 0 fully saturated rings. The van der Waals surface area contributed by atoms with Crippen molar-refractivity contribution in [2.45, 2.75) is 25.8 Å². The zero-order valence-electron chi connectivity index (χ0n) is 8.75. The Morgan fingerprint density at radius 3 is 2.87 bits per heavy atom. The van der Waals surface area contributed by atoms with E-state index in [2.05, 4.69) is 10.3 Å². The molecule has 0 aliphatic rings. The number of nitrogens with one attached hydrogen (secondary N) is 1. The number of anilines is 1. The molecule has 82 valence electrons. The molecule has 0 spiro atoms. The lowest BCUT2D eigenvalue weighted by atomic mass is 10.00. The summed E-state index contributed by atoms with van der Waals surface area (Å²) >= 11 is 5.74. The number of nitrogens with zero attached hydrogens (tertiary/aromatic N) is 1. The second-order valence-electron chi connectivity index (χ2n) is 4.02. The highest BCUT2D eigenvalue weighted by molar-refractivity contribution is 6.29. The van der Waals surface area contributed by atoms with E-state index < -0.39 is 5.54 Å². The lowest BCUT2D eigenvalue weighted by molar-refractivity contribution is -0.118. The SMILES string of the molecule is CC(C)(CC(N)=O)Nc1ccnc(Cl)c1. The highest BCUT2D eigenvalue weighted by Gasteiger charge is 2.20. The molecule has 0 atom stereocenters. The Labute approximate surface area is 93.8 Å². The third kappa shape index (κ3) is 4.16. The third-order valence-corrected chi connectivity index (χ3v) is 2.03. The topological polar surface area (TPSA) is 68.0 Å². The Kier molecular flexibility index (Phi) is 3.52. The van der Waals surface area contributed by atoms with Gasteiger partial charge in [-0.3, -0.25) is 4.79 Å². The van der Waals surface area contributed by atoms with Crippen molar-refractivity contribution >= 4 is 23.2 Å². The maximum absolute atomic E-state index is 10.8. The minimum atomic E-state index is -0.392. The molecule has 0 aromatic carbocycles. The lowest BCUT2D eigenvalue weighted by Crippen LogP contribution is -2.35. The maximum Gasteiger partial charge on any atom is 0.219 e. The molecule has 0 bridgehead atoms. The fraction of sp³-hybridized carbons (Fsp3) is 0.400. The number of carbonyl (C=O) groups is 1. The van der Waals surface area contributed by atoms with E-state index >= 15 is 0 Å². The first-order chi connectivity index (χ1) is 6.89. The van der Waals surface area contributed by atoms with Gasteiger partial charge >= 0.3 is 0 Å². The van der Waals surface area contributed by atoms with Crippen molar-refractivity contribution in [3.8, 4) is 0 Å². The Morgan fingerprint density at radius 2 is 2.33 bits per heavy atom. The van der Waals surface area contributed by atoms with E-state index in [1.807, 2.05) is 13.8 Å². The Bertz CT molecular complexity index is 365. The standard InChI is InChI=1S/C10H14ClN3O/c1-10(2,6-9(12)15)14-7-3-4-13-8(11)5-7/h3-5H,6H2,1-2H3,(H2,12,15)(H,13,14). The smallest absolute Gasteiger partial charge is 0.219 e. The van der Waals surface area contributed by atoms with E-state index in [4.69, 9.17) is 17.3 Å². The van der Waals surface area contributed by atoms with Gasteiger partial charge in [0.2, 0.25) is 5.91 Å². The van der Waals surface area contributed by atoms with Gasteiger partial charge in [0.1, 0.15) is 5.15 Å². The number of rotatable bonds is 4. The molecule has 4 nitrogen and oxygen atoms in total. The zero-order valence-corrected chi connectivity index (χ0v) is 9.51. The van der Waals surface area contributed by atoms with E-state index in [0.717, 1.165) is 5.69 Å². The van der Waals surface area contributed by atoms with Crippen LogP contribution in [0.15, 0.2) is 18.3 Å². The van der Waals surface area contributed by atoms with Gasteiger partial charge in [-0.05, 0) is 26.0 Å². The summed E-state index contributed by atoms with van der Waals surface area (Å²) < 4.78 is 0. The summed E-state index contributed by atoms with van der Waals surface area (Å²) in [6, 6.07) is 3.49. The molecule has 0 saturated carbocycles. The molecule has 0 radical (unpaired) electrons. The number of halogens is 1. The Morgan fingerprint density at radius 1 is 1.67 bits per heavy atom. The number of primary amides is 1. The average Bonchev–Trinajstić information content (AvgIpc) is 1.99. The summed E-state index contributed by atoms with van der Waals surface area (Å²) in [6.45, 7) is 3.79. The van der Waals surface area contributed by atoms with Gasteiger partial charge in [0.15, 0.2) is 0 Å². The minimum Gasteiger partial charge on any atom is -0.380 e. The van der Waals surface area contributed by atoms with Crippen molar-refractivity contribution in [1.82, 2.24) is 4.98 Å². The molecule has 0 aliphatic carbocycles. The van der Waals surface area contributed by atoms with Gasteiger partial charge in [0, 0.05) is 23.8 Å². The fourth-order valence-electron chi connectivity index (χ4n) is 1.35. The molecule has 5 heteroatoms. The average molecular weight is 228 g/mol. The molecule has 1 aromatic heterocycles. The Hall–Kier alpha value is -1.29. The summed E-state index contributed by atoms with van der Waals surface area (Å²) in [5.74, 6) is -0.340. The van der Waals surface area contributed by atoms with Crippen molar-refractivity contribution in [3.63, 3.8) is 0 Å². The molecular formula is C10H14ClN3O. The second-order valence-corrected chi connectivity index (χ2v) is 4.41. The molecule has 15 heavy (non-hydrogen) atoms. The number of carbonyl (C=O) groups excluding carboxylic acids is 1.